The van der Waals surface area contributed by atoms with E-state index in [0.29, 0.717) is 5.82 Å². The van der Waals surface area contributed by atoms with Crippen molar-refractivity contribution < 1.29 is 4.79 Å². The predicted molar refractivity (Wildman–Crippen MR) is 61.3 cm³/mol. The van der Waals surface area contributed by atoms with Crippen LogP contribution in [0, 0.1) is 6.92 Å². The van der Waals surface area contributed by atoms with Crippen molar-refractivity contribution in [3.8, 4) is 0 Å². The number of aryl methyl sites for hydroxylation is 1. The molecule has 0 amide bonds. The van der Waals surface area contributed by atoms with Crippen molar-refractivity contribution >= 4 is 6.29 Å². The van der Waals surface area contributed by atoms with Gasteiger partial charge in [0.25, 0.3) is 0 Å². The molecule has 0 saturated carbocycles. The van der Waals surface area contributed by atoms with Crippen LogP contribution in [-0.2, 0) is 13.0 Å². The van der Waals surface area contributed by atoms with Gasteiger partial charge in [-0.05, 0) is 26.7 Å². The number of nitrogens with zero attached hydrogens (tertiary/aromatic N) is 2. The van der Waals surface area contributed by atoms with Crippen molar-refractivity contribution in [2.75, 3.05) is 0 Å². The highest BCUT2D eigenvalue weighted by atomic mass is 16.1. The van der Waals surface area contributed by atoms with E-state index in [1.54, 1.807) is 0 Å². The van der Waals surface area contributed by atoms with Crippen LogP contribution in [-0.4, -0.2) is 15.8 Å². The first kappa shape index (κ1) is 12.0. The molecule has 0 bridgehead atoms. The average molecular weight is 208 g/mol. The van der Waals surface area contributed by atoms with E-state index in [4.69, 9.17) is 0 Å². The lowest BCUT2D eigenvalue weighted by Gasteiger charge is -2.02. The van der Waals surface area contributed by atoms with Crippen molar-refractivity contribution in [2.45, 2.75) is 53.0 Å². The van der Waals surface area contributed by atoms with E-state index in [2.05, 4.69) is 11.9 Å². The minimum absolute atomic E-state index is 0.571. The van der Waals surface area contributed by atoms with E-state index >= 15 is 0 Å². The number of imidazole rings is 1. The Morgan fingerprint density at radius 2 is 2.07 bits per heavy atom. The van der Waals surface area contributed by atoms with Crippen LogP contribution in [0.2, 0.25) is 0 Å². The zero-order valence-electron chi connectivity index (χ0n) is 9.92. The highest BCUT2D eigenvalue weighted by Gasteiger charge is 2.10. The molecule has 1 rings (SSSR count). The molecule has 0 radical (unpaired) electrons. The third-order valence-corrected chi connectivity index (χ3v) is 2.79. The summed E-state index contributed by atoms with van der Waals surface area (Å²) in [4.78, 5) is 15.2. The molecule has 1 aromatic rings. The van der Waals surface area contributed by atoms with Gasteiger partial charge >= 0.3 is 0 Å². The van der Waals surface area contributed by atoms with Crippen molar-refractivity contribution in [1.29, 1.82) is 0 Å². The number of hydrogen-bond donors (Lipinski definition) is 0. The molecule has 0 fully saturated rings. The minimum Gasteiger partial charge on any atom is -0.326 e. The van der Waals surface area contributed by atoms with Crippen LogP contribution in [0.1, 0.15) is 55.1 Å². The summed E-state index contributed by atoms with van der Waals surface area (Å²) in [5.41, 5.74) is 2.24. The van der Waals surface area contributed by atoms with Gasteiger partial charge in [-0.2, -0.15) is 0 Å². The number of aldehydes is 1. The Kier molecular flexibility index (Phi) is 4.53. The quantitative estimate of drug-likeness (QED) is 0.532. The van der Waals surface area contributed by atoms with Gasteiger partial charge in [-0.1, -0.05) is 19.8 Å². The molecule has 0 aromatic carbocycles. The molecule has 1 aromatic heterocycles. The van der Waals surface area contributed by atoms with Gasteiger partial charge in [-0.15, -0.1) is 0 Å². The van der Waals surface area contributed by atoms with E-state index in [1.165, 1.54) is 12.8 Å². The molecule has 84 valence electrons. The van der Waals surface area contributed by atoms with Gasteiger partial charge in [-0.25, -0.2) is 4.98 Å². The largest absolute Gasteiger partial charge is 0.326 e. The summed E-state index contributed by atoms with van der Waals surface area (Å²) in [5, 5.41) is 0. The Hall–Kier alpha value is -1.12. The fourth-order valence-corrected chi connectivity index (χ4v) is 1.88. The summed E-state index contributed by atoms with van der Waals surface area (Å²) >= 11 is 0. The van der Waals surface area contributed by atoms with Gasteiger partial charge in [0.2, 0.25) is 0 Å². The van der Waals surface area contributed by atoms with E-state index in [-0.39, 0.29) is 0 Å². The van der Waals surface area contributed by atoms with Crippen LogP contribution in [0.25, 0.3) is 0 Å². The first-order valence-electron chi connectivity index (χ1n) is 5.75. The van der Waals surface area contributed by atoms with Gasteiger partial charge in [-0.3, -0.25) is 4.79 Å². The topological polar surface area (TPSA) is 34.9 Å². The van der Waals surface area contributed by atoms with Gasteiger partial charge < -0.3 is 4.57 Å². The number of carbonyl (C=O) groups is 1. The molecule has 0 aliphatic heterocycles. The van der Waals surface area contributed by atoms with Gasteiger partial charge in [0.15, 0.2) is 12.1 Å². The monoisotopic (exact) mass is 208 g/mol. The molecule has 3 nitrogen and oxygen atoms in total. The summed E-state index contributed by atoms with van der Waals surface area (Å²) in [7, 11) is 0. The summed E-state index contributed by atoms with van der Waals surface area (Å²) in [5.74, 6) is 0.571. The lowest BCUT2D eigenvalue weighted by atomic mass is 10.1. The van der Waals surface area contributed by atoms with Crippen molar-refractivity contribution in [3.63, 3.8) is 0 Å². The van der Waals surface area contributed by atoms with E-state index in [0.717, 1.165) is 37.1 Å². The second kappa shape index (κ2) is 5.69. The highest BCUT2D eigenvalue weighted by Crippen LogP contribution is 2.13. The summed E-state index contributed by atoms with van der Waals surface area (Å²) in [6, 6.07) is 0. The Labute approximate surface area is 91.5 Å². The number of hydrogen-bond acceptors (Lipinski definition) is 2. The van der Waals surface area contributed by atoms with Gasteiger partial charge in [0, 0.05) is 12.2 Å². The third-order valence-electron chi connectivity index (χ3n) is 2.79. The van der Waals surface area contributed by atoms with Crippen molar-refractivity contribution in [1.82, 2.24) is 9.55 Å². The highest BCUT2D eigenvalue weighted by molar-refractivity contribution is 5.69. The molecule has 0 spiro atoms. The lowest BCUT2D eigenvalue weighted by molar-refractivity contribution is 0.111. The molecule has 0 aliphatic rings. The number of unbranched alkanes of at least 4 members (excludes halogenated alkanes) is 2. The molecule has 1 heterocycles. The number of carbonyl (C=O) groups excluding carboxylic acids is 1. The van der Waals surface area contributed by atoms with Gasteiger partial charge in [0.1, 0.15) is 0 Å². The second-order valence-corrected chi connectivity index (χ2v) is 3.82. The maximum atomic E-state index is 10.8. The fraction of sp³-hybridized carbons (Fsp3) is 0.667. The van der Waals surface area contributed by atoms with E-state index < -0.39 is 0 Å². The molecule has 15 heavy (non-hydrogen) atoms. The molecule has 0 saturated heterocycles. The van der Waals surface area contributed by atoms with Crippen LogP contribution < -0.4 is 0 Å². The maximum absolute atomic E-state index is 10.8. The standard InChI is InChI=1S/C12H20N2O/c1-4-6-7-8-11-10(3)14(5-2)12(9-15)13-11/h9H,4-8H2,1-3H3. The third kappa shape index (κ3) is 2.67. The number of rotatable bonds is 6. The molecule has 0 unspecified atom stereocenters. The van der Waals surface area contributed by atoms with Crippen LogP contribution in [0.4, 0.5) is 0 Å². The Morgan fingerprint density at radius 3 is 2.53 bits per heavy atom. The Balaban J connectivity index is 2.80. The smallest absolute Gasteiger partial charge is 0.185 e. The zero-order valence-corrected chi connectivity index (χ0v) is 9.92. The van der Waals surface area contributed by atoms with Crippen molar-refractivity contribution in [2.24, 2.45) is 0 Å². The van der Waals surface area contributed by atoms with Crippen LogP contribution in [0.15, 0.2) is 0 Å². The Morgan fingerprint density at radius 1 is 1.33 bits per heavy atom. The van der Waals surface area contributed by atoms with Crippen LogP contribution >= 0.6 is 0 Å². The Bertz CT molecular complexity index is 329. The fourth-order valence-electron chi connectivity index (χ4n) is 1.88. The number of aromatic nitrogens is 2. The summed E-state index contributed by atoms with van der Waals surface area (Å²) in [6.45, 7) is 7.09. The zero-order chi connectivity index (χ0) is 11.3. The first-order valence-corrected chi connectivity index (χ1v) is 5.75. The first-order chi connectivity index (χ1) is 7.24. The van der Waals surface area contributed by atoms with E-state index in [1.807, 2.05) is 18.4 Å². The molecular weight excluding hydrogens is 188 g/mol. The lowest BCUT2D eigenvalue weighted by Crippen LogP contribution is -2.02. The SMILES string of the molecule is CCCCCc1nc(C=O)n(CC)c1C. The molecular formula is C12H20N2O. The second-order valence-electron chi connectivity index (χ2n) is 3.82. The predicted octanol–water partition coefficient (Wildman–Crippen LogP) is 2.76. The van der Waals surface area contributed by atoms with Crippen molar-refractivity contribution in [3.05, 3.63) is 17.2 Å². The van der Waals surface area contributed by atoms with Crippen LogP contribution in [0.5, 0.6) is 0 Å². The average Bonchev–Trinajstić information content (AvgIpc) is 2.55. The normalized spacial score (nSPS) is 10.6. The maximum Gasteiger partial charge on any atom is 0.185 e. The van der Waals surface area contributed by atoms with Gasteiger partial charge in [0.05, 0.1) is 5.69 Å². The van der Waals surface area contributed by atoms with Crippen LogP contribution in [0.3, 0.4) is 0 Å². The summed E-state index contributed by atoms with van der Waals surface area (Å²) < 4.78 is 1.98. The molecule has 0 atom stereocenters. The molecule has 0 N–H and O–H groups in total. The molecule has 0 aliphatic carbocycles. The minimum atomic E-state index is 0.571. The molecule has 3 heteroatoms. The summed E-state index contributed by atoms with van der Waals surface area (Å²) in [6.07, 6.45) is 5.45. The van der Waals surface area contributed by atoms with E-state index in [9.17, 15) is 4.79 Å².